The van der Waals surface area contributed by atoms with Gasteiger partial charge in [0.05, 0.1) is 0 Å². The molecular formula is C13H15N3O2. The van der Waals surface area contributed by atoms with Crippen molar-refractivity contribution in [1.29, 1.82) is 5.26 Å². The van der Waals surface area contributed by atoms with Crippen molar-refractivity contribution in [3.63, 3.8) is 0 Å². The number of nitriles is 1. The molecule has 2 unspecified atom stereocenters. The van der Waals surface area contributed by atoms with E-state index < -0.39 is 12.0 Å². The Morgan fingerprint density at radius 3 is 3.17 bits per heavy atom. The van der Waals surface area contributed by atoms with Crippen LogP contribution < -0.4 is 0 Å². The van der Waals surface area contributed by atoms with E-state index in [0.717, 1.165) is 18.5 Å². The summed E-state index contributed by atoms with van der Waals surface area (Å²) in [6, 6.07) is 5.17. The van der Waals surface area contributed by atoms with Crippen molar-refractivity contribution in [3.05, 3.63) is 29.6 Å². The lowest BCUT2D eigenvalue weighted by Crippen LogP contribution is -2.38. The molecular weight excluding hydrogens is 230 g/mol. The first kappa shape index (κ1) is 12.5. The molecule has 1 aromatic rings. The van der Waals surface area contributed by atoms with Gasteiger partial charge in [0.1, 0.15) is 17.8 Å². The number of hydrogen-bond donors (Lipinski definition) is 1. The second kappa shape index (κ2) is 5.15. The first-order chi connectivity index (χ1) is 8.63. The molecule has 1 aliphatic heterocycles. The molecule has 1 N–H and O–H groups in total. The highest BCUT2D eigenvalue weighted by Crippen LogP contribution is 2.26. The number of aliphatic carboxylic acids is 1. The lowest BCUT2D eigenvalue weighted by Gasteiger charge is -2.23. The minimum Gasteiger partial charge on any atom is -0.480 e. The largest absolute Gasteiger partial charge is 0.480 e. The highest BCUT2D eigenvalue weighted by Gasteiger charge is 2.36. The number of likely N-dealkylation sites (tertiary alicyclic amines) is 1. The highest BCUT2D eigenvalue weighted by atomic mass is 16.4. The van der Waals surface area contributed by atoms with Crippen LogP contribution >= 0.6 is 0 Å². The highest BCUT2D eigenvalue weighted by molar-refractivity contribution is 5.74. The van der Waals surface area contributed by atoms with E-state index in [-0.39, 0.29) is 5.92 Å². The molecule has 94 valence electrons. The maximum absolute atomic E-state index is 11.2. The van der Waals surface area contributed by atoms with Crippen molar-refractivity contribution >= 4 is 5.97 Å². The smallest absolute Gasteiger partial charge is 0.321 e. The molecule has 1 aliphatic rings. The van der Waals surface area contributed by atoms with Gasteiger partial charge in [-0.15, -0.1) is 0 Å². The van der Waals surface area contributed by atoms with Crippen molar-refractivity contribution in [1.82, 2.24) is 9.88 Å². The fourth-order valence-electron chi connectivity index (χ4n) is 2.49. The molecule has 0 amide bonds. The monoisotopic (exact) mass is 245 g/mol. The van der Waals surface area contributed by atoms with E-state index in [0.29, 0.717) is 12.2 Å². The quantitative estimate of drug-likeness (QED) is 0.867. The van der Waals surface area contributed by atoms with Crippen LogP contribution in [0.15, 0.2) is 18.3 Å². The molecule has 1 aromatic heterocycles. The Labute approximate surface area is 106 Å². The van der Waals surface area contributed by atoms with Gasteiger partial charge in [0, 0.05) is 18.3 Å². The van der Waals surface area contributed by atoms with E-state index in [9.17, 15) is 9.90 Å². The van der Waals surface area contributed by atoms with Gasteiger partial charge in [-0.25, -0.2) is 4.98 Å². The summed E-state index contributed by atoms with van der Waals surface area (Å²) in [5, 5.41) is 18.2. The van der Waals surface area contributed by atoms with Gasteiger partial charge < -0.3 is 5.11 Å². The van der Waals surface area contributed by atoms with Gasteiger partial charge in [-0.2, -0.15) is 5.26 Å². The molecule has 1 fully saturated rings. The Kier molecular flexibility index (Phi) is 3.58. The van der Waals surface area contributed by atoms with Gasteiger partial charge in [-0.05, 0) is 24.9 Å². The summed E-state index contributed by atoms with van der Waals surface area (Å²) >= 11 is 0. The Morgan fingerprint density at radius 1 is 1.72 bits per heavy atom. The van der Waals surface area contributed by atoms with Gasteiger partial charge in [-0.1, -0.05) is 13.0 Å². The molecule has 5 nitrogen and oxygen atoms in total. The predicted octanol–water partition coefficient (Wildman–Crippen LogP) is 1.25. The molecule has 0 radical (unpaired) electrons. The predicted molar refractivity (Wildman–Crippen MR) is 64.6 cm³/mol. The molecule has 2 heterocycles. The zero-order valence-corrected chi connectivity index (χ0v) is 10.2. The fourth-order valence-corrected chi connectivity index (χ4v) is 2.49. The van der Waals surface area contributed by atoms with Gasteiger partial charge in [-0.3, -0.25) is 9.69 Å². The number of nitrogens with zero attached hydrogens (tertiary/aromatic N) is 3. The number of aromatic nitrogens is 1. The summed E-state index contributed by atoms with van der Waals surface area (Å²) in [7, 11) is 0. The molecule has 18 heavy (non-hydrogen) atoms. The molecule has 0 aliphatic carbocycles. The van der Waals surface area contributed by atoms with Crippen molar-refractivity contribution in [3.8, 4) is 6.07 Å². The first-order valence-corrected chi connectivity index (χ1v) is 5.94. The summed E-state index contributed by atoms with van der Waals surface area (Å²) in [6.45, 7) is 3.17. The minimum atomic E-state index is -0.789. The Morgan fingerprint density at radius 2 is 2.50 bits per heavy atom. The number of pyridine rings is 1. The van der Waals surface area contributed by atoms with E-state index in [1.165, 1.54) is 0 Å². The number of carboxylic acids is 1. The van der Waals surface area contributed by atoms with E-state index in [1.807, 2.05) is 24.0 Å². The fraction of sp³-hybridized carbons (Fsp3) is 0.462. The Hall–Kier alpha value is -1.93. The van der Waals surface area contributed by atoms with Crippen LogP contribution in [0.5, 0.6) is 0 Å². The molecule has 0 aromatic carbocycles. The zero-order valence-electron chi connectivity index (χ0n) is 10.2. The third kappa shape index (κ3) is 2.34. The molecule has 0 saturated carbocycles. The third-order valence-corrected chi connectivity index (χ3v) is 3.43. The van der Waals surface area contributed by atoms with Crippen LogP contribution in [0.25, 0.3) is 0 Å². The molecule has 2 atom stereocenters. The van der Waals surface area contributed by atoms with Crippen molar-refractivity contribution < 1.29 is 9.90 Å². The van der Waals surface area contributed by atoms with Crippen LogP contribution in [0.1, 0.15) is 24.6 Å². The van der Waals surface area contributed by atoms with E-state index in [2.05, 4.69) is 4.98 Å². The van der Waals surface area contributed by atoms with Crippen LogP contribution in [0.3, 0.4) is 0 Å². The maximum Gasteiger partial charge on any atom is 0.321 e. The maximum atomic E-state index is 11.2. The van der Waals surface area contributed by atoms with E-state index in [4.69, 9.17) is 5.26 Å². The van der Waals surface area contributed by atoms with Crippen molar-refractivity contribution in [2.24, 2.45) is 5.92 Å². The molecule has 0 spiro atoms. The topological polar surface area (TPSA) is 77.2 Å². The Balaban J connectivity index is 2.19. The normalized spacial score (nSPS) is 23.8. The van der Waals surface area contributed by atoms with Crippen LogP contribution in [0.2, 0.25) is 0 Å². The molecule has 2 rings (SSSR count). The Bertz CT molecular complexity index is 495. The first-order valence-electron chi connectivity index (χ1n) is 5.94. The number of rotatable bonds is 3. The van der Waals surface area contributed by atoms with Crippen LogP contribution in [-0.2, 0) is 11.3 Å². The van der Waals surface area contributed by atoms with Crippen LogP contribution in [-0.4, -0.2) is 33.5 Å². The lowest BCUT2D eigenvalue weighted by molar-refractivity contribution is -0.143. The standard InChI is InChI=1S/C13H15N3O2/c1-9-4-6-16(12(9)13(17)18)8-10-3-2-5-15-11(10)7-14/h2-3,5,9,12H,4,6,8H2,1H3,(H,17,18). The molecule has 5 heteroatoms. The summed E-state index contributed by atoms with van der Waals surface area (Å²) in [5.74, 6) is -0.646. The van der Waals surface area contributed by atoms with Gasteiger partial charge in [0.2, 0.25) is 0 Å². The average Bonchev–Trinajstić information content (AvgIpc) is 2.71. The number of carboxylic acid groups (broad SMARTS) is 1. The summed E-state index contributed by atoms with van der Waals surface area (Å²) in [4.78, 5) is 17.1. The number of hydrogen-bond acceptors (Lipinski definition) is 4. The number of carbonyl (C=O) groups is 1. The van der Waals surface area contributed by atoms with Crippen LogP contribution in [0, 0.1) is 17.2 Å². The van der Waals surface area contributed by atoms with Crippen molar-refractivity contribution in [2.45, 2.75) is 25.9 Å². The van der Waals surface area contributed by atoms with E-state index >= 15 is 0 Å². The molecule has 1 saturated heterocycles. The van der Waals surface area contributed by atoms with Crippen LogP contribution in [0.4, 0.5) is 0 Å². The lowest BCUT2D eigenvalue weighted by atomic mass is 10.0. The van der Waals surface area contributed by atoms with Crippen molar-refractivity contribution in [2.75, 3.05) is 6.54 Å². The van der Waals surface area contributed by atoms with Gasteiger partial charge in [0.15, 0.2) is 0 Å². The zero-order chi connectivity index (χ0) is 13.1. The third-order valence-electron chi connectivity index (χ3n) is 3.43. The van der Waals surface area contributed by atoms with E-state index in [1.54, 1.807) is 12.3 Å². The SMILES string of the molecule is CC1CCN(Cc2cccnc2C#N)C1C(=O)O. The van der Waals surface area contributed by atoms with Gasteiger partial charge >= 0.3 is 5.97 Å². The second-order valence-corrected chi connectivity index (χ2v) is 4.64. The average molecular weight is 245 g/mol. The summed E-state index contributed by atoms with van der Waals surface area (Å²) in [5.41, 5.74) is 1.17. The second-order valence-electron chi connectivity index (χ2n) is 4.64. The minimum absolute atomic E-state index is 0.143. The van der Waals surface area contributed by atoms with Gasteiger partial charge in [0.25, 0.3) is 0 Å². The summed E-state index contributed by atoms with van der Waals surface area (Å²) in [6.07, 6.45) is 2.45. The molecule has 0 bridgehead atoms. The summed E-state index contributed by atoms with van der Waals surface area (Å²) < 4.78 is 0.